The molecule has 0 aliphatic carbocycles. The molecule has 0 saturated carbocycles. The van der Waals surface area contributed by atoms with Crippen molar-refractivity contribution in [3.63, 3.8) is 0 Å². The minimum atomic E-state index is -0.676. The third-order valence-corrected chi connectivity index (χ3v) is 4.13. The van der Waals surface area contributed by atoms with Gasteiger partial charge in [0.1, 0.15) is 6.29 Å². The van der Waals surface area contributed by atoms with Gasteiger partial charge in [-0.15, -0.1) is 0 Å². The average Bonchev–Trinajstić information content (AvgIpc) is 2.65. The van der Waals surface area contributed by atoms with Crippen molar-refractivity contribution in [2.45, 2.75) is 38.9 Å². The summed E-state index contributed by atoms with van der Waals surface area (Å²) in [7, 11) is 0.619. The summed E-state index contributed by atoms with van der Waals surface area (Å²) in [4.78, 5) is 22.8. The van der Waals surface area contributed by atoms with Crippen LogP contribution < -0.4 is 5.46 Å². The van der Waals surface area contributed by atoms with Gasteiger partial charge in [0.05, 0.1) is 23.9 Å². The Hall–Kier alpha value is -1.66. The first-order valence-electron chi connectivity index (χ1n) is 6.75. The predicted octanol–water partition coefficient (Wildman–Crippen LogP) is 1.58. The topological polar surface area (TPSA) is 61.8 Å². The molecule has 0 atom stereocenters. The molecule has 0 bridgehead atoms. The third kappa shape index (κ3) is 2.73. The van der Waals surface area contributed by atoms with Crippen molar-refractivity contribution < 1.29 is 23.6 Å². The monoisotopic (exact) mass is 290 g/mol. The number of benzene rings is 1. The van der Waals surface area contributed by atoms with Crippen LogP contribution in [0.25, 0.3) is 0 Å². The molecule has 21 heavy (non-hydrogen) atoms. The molecule has 0 amide bonds. The fourth-order valence-corrected chi connectivity index (χ4v) is 2.11. The van der Waals surface area contributed by atoms with Crippen molar-refractivity contribution in [1.82, 2.24) is 0 Å². The first-order chi connectivity index (χ1) is 9.71. The maximum atomic E-state index is 11.9. The van der Waals surface area contributed by atoms with Crippen LogP contribution in [0.1, 0.15) is 48.4 Å². The largest absolute Gasteiger partial charge is 0.495 e. The molecule has 0 spiro atoms. The van der Waals surface area contributed by atoms with E-state index in [1.54, 1.807) is 12.1 Å². The highest BCUT2D eigenvalue weighted by Crippen LogP contribution is 2.36. The van der Waals surface area contributed by atoms with Gasteiger partial charge in [0.2, 0.25) is 0 Å². The Kier molecular flexibility index (Phi) is 3.95. The molecule has 0 N–H and O–H groups in total. The summed E-state index contributed by atoms with van der Waals surface area (Å²) in [5.41, 5.74) is 0.227. The van der Waals surface area contributed by atoms with Crippen LogP contribution in [0, 0.1) is 0 Å². The SMILES string of the molecule is COC(=O)c1cc(C=O)ccc1B1OC(C)(C)C(C)(C)O1. The predicted molar refractivity (Wildman–Crippen MR) is 78.9 cm³/mol. The van der Waals surface area contributed by atoms with Crippen LogP contribution in [0.15, 0.2) is 18.2 Å². The molecule has 1 aliphatic heterocycles. The van der Waals surface area contributed by atoms with E-state index >= 15 is 0 Å². The van der Waals surface area contributed by atoms with Gasteiger partial charge in [0, 0.05) is 5.56 Å². The zero-order valence-corrected chi connectivity index (χ0v) is 12.9. The Morgan fingerprint density at radius 3 is 2.24 bits per heavy atom. The van der Waals surface area contributed by atoms with Gasteiger partial charge in [-0.1, -0.05) is 12.1 Å². The fraction of sp³-hybridized carbons (Fsp3) is 0.467. The molecule has 0 unspecified atom stereocenters. The van der Waals surface area contributed by atoms with E-state index in [-0.39, 0.29) is 5.56 Å². The van der Waals surface area contributed by atoms with Crippen molar-refractivity contribution >= 4 is 24.8 Å². The van der Waals surface area contributed by atoms with Crippen molar-refractivity contribution in [2.24, 2.45) is 0 Å². The second-order valence-corrected chi connectivity index (χ2v) is 6.04. The molecule has 1 saturated heterocycles. The van der Waals surface area contributed by atoms with E-state index in [4.69, 9.17) is 14.0 Å². The maximum absolute atomic E-state index is 11.9. The molecular formula is C15H19BO5. The number of esters is 1. The Labute approximate surface area is 124 Å². The van der Waals surface area contributed by atoms with Gasteiger partial charge < -0.3 is 14.0 Å². The Balaban J connectivity index is 2.45. The van der Waals surface area contributed by atoms with E-state index in [0.29, 0.717) is 17.3 Å². The molecule has 0 radical (unpaired) electrons. The molecule has 2 rings (SSSR count). The second kappa shape index (κ2) is 5.28. The highest BCUT2D eigenvalue weighted by molar-refractivity contribution is 6.63. The summed E-state index contributed by atoms with van der Waals surface area (Å²) in [6.45, 7) is 7.74. The Morgan fingerprint density at radius 2 is 1.76 bits per heavy atom. The van der Waals surface area contributed by atoms with Crippen LogP contribution >= 0.6 is 0 Å². The summed E-state index contributed by atoms with van der Waals surface area (Å²) in [5.74, 6) is -0.525. The van der Waals surface area contributed by atoms with E-state index in [0.717, 1.165) is 0 Å². The molecule has 0 aromatic heterocycles. The van der Waals surface area contributed by atoms with Gasteiger partial charge in [-0.25, -0.2) is 4.79 Å². The average molecular weight is 290 g/mol. The minimum absolute atomic E-state index is 0.278. The van der Waals surface area contributed by atoms with Crippen LogP contribution in [0.3, 0.4) is 0 Å². The van der Waals surface area contributed by atoms with Crippen molar-refractivity contribution in [3.05, 3.63) is 29.3 Å². The highest BCUT2D eigenvalue weighted by Gasteiger charge is 2.52. The van der Waals surface area contributed by atoms with Crippen molar-refractivity contribution in [2.75, 3.05) is 7.11 Å². The Bertz CT molecular complexity index is 563. The first kappa shape index (κ1) is 15.7. The summed E-state index contributed by atoms with van der Waals surface area (Å²) in [6.07, 6.45) is 0.681. The standard InChI is InChI=1S/C15H19BO5/c1-14(2)15(3,4)21-16(20-14)12-7-6-10(9-17)8-11(12)13(18)19-5/h6-9H,1-5H3. The van der Waals surface area contributed by atoms with Gasteiger partial charge >= 0.3 is 13.1 Å². The van der Waals surface area contributed by atoms with Crippen LogP contribution in [-0.4, -0.2) is 37.7 Å². The molecule has 1 heterocycles. The number of hydrogen-bond donors (Lipinski definition) is 0. The summed E-state index contributed by atoms with van der Waals surface area (Å²) in [6, 6.07) is 4.77. The summed E-state index contributed by atoms with van der Waals surface area (Å²) >= 11 is 0. The number of aldehydes is 1. The summed E-state index contributed by atoms with van der Waals surface area (Å²) in [5, 5.41) is 0. The van der Waals surface area contributed by atoms with E-state index < -0.39 is 24.3 Å². The molecular weight excluding hydrogens is 271 g/mol. The van der Waals surface area contributed by atoms with Crippen LogP contribution in [0.4, 0.5) is 0 Å². The smallest absolute Gasteiger partial charge is 0.465 e. The van der Waals surface area contributed by atoms with Gasteiger partial charge in [-0.2, -0.15) is 0 Å². The van der Waals surface area contributed by atoms with Crippen LogP contribution in [0.5, 0.6) is 0 Å². The number of rotatable bonds is 3. The molecule has 5 nitrogen and oxygen atoms in total. The van der Waals surface area contributed by atoms with Gasteiger partial charge in [-0.3, -0.25) is 4.79 Å². The molecule has 1 fully saturated rings. The maximum Gasteiger partial charge on any atom is 0.495 e. The van der Waals surface area contributed by atoms with Crippen molar-refractivity contribution in [3.8, 4) is 0 Å². The molecule has 1 aromatic carbocycles. The lowest BCUT2D eigenvalue weighted by Crippen LogP contribution is -2.41. The number of carbonyl (C=O) groups excluding carboxylic acids is 2. The lowest BCUT2D eigenvalue weighted by atomic mass is 9.75. The van der Waals surface area contributed by atoms with Crippen molar-refractivity contribution in [1.29, 1.82) is 0 Å². The van der Waals surface area contributed by atoms with E-state index in [1.165, 1.54) is 13.2 Å². The molecule has 112 valence electrons. The molecule has 1 aliphatic rings. The lowest BCUT2D eigenvalue weighted by molar-refractivity contribution is 0.00578. The number of hydrogen-bond acceptors (Lipinski definition) is 5. The molecule has 6 heteroatoms. The lowest BCUT2D eigenvalue weighted by Gasteiger charge is -2.32. The van der Waals surface area contributed by atoms with Gasteiger partial charge in [0.25, 0.3) is 0 Å². The van der Waals surface area contributed by atoms with Gasteiger partial charge in [-0.05, 0) is 39.2 Å². The van der Waals surface area contributed by atoms with E-state index in [9.17, 15) is 9.59 Å². The zero-order valence-electron chi connectivity index (χ0n) is 12.9. The van der Waals surface area contributed by atoms with E-state index in [1.807, 2.05) is 27.7 Å². The Morgan fingerprint density at radius 1 is 1.19 bits per heavy atom. The molecule has 1 aromatic rings. The van der Waals surface area contributed by atoms with Crippen LogP contribution in [0.2, 0.25) is 0 Å². The summed E-state index contributed by atoms with van der Waals surface area (Å²) < 4.78 is 16.7. The number of ether oxygens (including phenoxy) is 1. The fourth-order valence-electron chi connectivity index (χ4n) is 2.11. The van der Waals surface area contributed by atoms with E-state index in [2.05, 4.69) is 0 Å². The number of methoxy groups -OCH3 is 1. The third-order valence-electron chi connectivity index (χ3n) is 4.13. The first-order valence-corrected chi connectivity index (χ1v) is 6.75. The quantitative estimate of drug-likeness (QED) is 0.480. The normalized spacial score (nSPS) is 19.4. The van der Waals surface area contributed by atoms with Gasteiger partial charge in [0.15, 0.2) is 0 Å². The van der Waals surface area contributed by atoms with Crippen LogP contribution in [-0.2, 0) is 14.0 Å². The minimum Gasteiger partial charge on any atom is -0.465 e. The highest BCUT2D eigenvalue weighted by atomic mass is 16.7. The number of carbonyl (C=O) groups is 2. The second-order valence-electron chi connectivity index (χ2n) is 6.04. The zero-order chi connectivity index (χ0) is 15.8.